The zero-order valence-electron chi connectivity index (χ0n) is 8.98. The molecule has 0 aromatic heterocycles. The van der Waals surface area contributed by atoms with Crippen LogP contribution < -0.4 is 0 Å². The largest absolute Gasteiger partial charge is 0.300 e. The van der Waals surface area contributed by atoms with Gasteiger partial charge in [0.25, 0.3) is 0 Å². The van der Waals surface area contributed by atoms with Crippen LogP contribution in [0.15, 0.2) is 52.7 Å². The minimum Gasteiger partial charge on any atom is -0.300 e. The number of hydrogen-bond donors (Lipinski definition) is 0. The van der Waals surface area contributed by atoms with Crippen molar-refractivity contribution in [3.8, 4) is 0 Å². The highest BCUT2D eigenvalue weighted by atomic mass is 16.1. The van der Waals surface area contributed by atoms with Gasteiger partial charge in [0.05, 0.1) is 5.69 Å². The zero-order chi connectivity index (χ0) is 12.1. The number of benzene rings is 2. The minimum atomic E-state index is -1.02. The van der Waals surface area contributed by atoms with E-state index in [9.17, 15) is 9.59 Å². The molecule has 0 spiro atoms. The van der Waals surface area contributed by atoms with Gasteiger partial charge in [0.15, 0.2) is 18.6 Å². The van der Waals surface area contributed by atoms with Gasteiger partial charge in [-0.25, -0.2) is 0 Å². The van der Waals surface area contributed by atoms with Gasteiger partial charge in [-0.3, -0.25) is 0 Å². The van der Waals surface area contributed by atoms with Crippen molar-refractivity contribution in [2.24, 2.45) is 10.2 Å². The first-order chi connectivity index (χ1) is 8.35. The fraction of sp³-hybridized carbons (Fsp3) is 0.0769. The molecule has 0 aliphatic heterocycles. The molecule has 2 aromatic carbocycles. The van der Waals surface area contributed by atoms with Crippen molar-refractivity contribution < 1.29 is 9.59 Å². The Kier molecular flexibility index (Phi) is 3.35. The third kappa shape index (κ3) is 2.42. The Morgan fingerprint density at radius 3 is 2.41 bits per heavy atom. The summed E-state index contributed by atoms with van der Waals surface area (Å²) < 4.78 is 0. The van der Waals surface area contributed by atoms with Crippen molar-refractivity contribution in [2.75, 3.05) is 0 Å². The Balaban J connectivity index is 2.42. The summed E-state index contributed by atoms with van der Waals surface area (Å²) in [6.45, 7) is 0. The summed E-state index contributed by atoms with van der Waals surface area (Å²) in [7, 11) is 0. The lowest BCUT2D eigenvalue weighted by Gasteiger charge is -2.00. The van der Waals surface area contributed by atoms with Gasteiger partial charge in [-0.15, -0.1) is 0 Å². The second-order valence-electron chi connectivity index (χ2n) is 3.48. The van der Waals surface area contributed by atoms with E-state index >= 15 is 0 Å². The number of fused-ring (bicyclic) bond motifs is 1. The number of nitrogens with zero attached hydrogens (tertiary/aromatic N) is 2. The van der Waals surface area contributed by atoms with E-state index in [-0.39, 0.29) is 0 Å². The summed E-state index contributed by atoms with van der Waals surface area (Å²) in [5, 5.41) is 9.59. The Morgan fingerprint density at radius 1 is 0.941 bits per heavy atom. The first-order valence-corrected chi connectivity index (χ1v) is 5.14. The number of carbonyl (C=O) groups is 2. The van der Waals surface area contributed by atoms with Crippen LogP contribution in [0.25, 0.3) is 10.8 Å². The summed E-state index contributed by atoms with van der Waals surface area (Å²) in [5.74, 6) is 0. The molecule has 0 unspecified atom stereocenters. The first-order valence-electron chi connectivity index (χ1n) is 5.14. The maximum atomic E-state index is 10.4. The molecule has 2 aromatic rings. The highest BCUT2D eigenvalue weighted by Gasteiger charge is 2.02. The lowest BCUT2D eigenvalue weighted by molar-refractivity contribution is -0.116. The summed E-state index contributed by atoms with van der Waals surface area (Å²) in [5.41, 5.74) is 0.650. The third-order valence-corrected chi connectivity index (χ3v) is 2.34. The van der Waals surface area contributed by atoms with E-state index in [1.165, 1.54) is 0 Å². The molecule has 0 saturated carbocycles. The molecule has 0 bridgehead atoms. The van der Waals surface area contributed by atoms with Gasteiger partial charge < -0.3 is 9.59 Å². The molecule has 17 heavy (non-hydrogen) atoms. The molecule has 0 radical (unpaired) electrons. The summed E-state index contributed by atoms with van der Waals surface area (Å²) in [6.07, 6.45) is 0.920. The van der Waals surface area contributed by atoms with Crippen LogP contribution in [0.5, 0.6) is 0 Å². The van der Waals surface area contributed by atoms with E-state index < -0.39 is 6.04 Å². The lowest BCUT2D eigenvalue weighted by Crippen LogP contribution is -2.05. The van der Waals surface area contributed by atoms with E-state index in [4.69, 9.17) is 0 Å². The quantitative estimate of drug-likeness (QED) is 0.457. The van der Waals surface area contributed by atoms with Crippen molar-refractivity contribution in [1.82, 2.24) is 0 Å². The first kappa shape index (κ1) is 11.1. The number of carbonyl (C=O) groups excluding carboxylic acids is 2. The average Bonchev–Trinajstić information content (AvgIpc) is 2.40. The molecule has 84 valence electrons. The number of rotatable bonds is 4. The monoisotopic (exact) mass is 226 g/mol. The van der Waals surface area contributed by atoms with E-state index in [0.717, 1.165) is 10.8 Å². The maximum absolute atomic E-state index is 10.4. The fourth-order valence-corrected chi connectivity index (χ4v) is 1.51. The molecule has 0 aliphatic carbocycles. The van der Waals surface area contributed by atoms with Gasteiger partial charge in [-0.05, 0) is 11.5 Å². The molecule has 0 saturated heterocycles. The molecule has 2 rings (SSSR count). The Labute approximate surface area is 98.0 Å². The van der Waals surface area contributed by atoms with Crippen LogP contribution >= 0.6 is 0 Å². The molecule has 0 N–H and O–H groups in total. The number of aldehydes is 2. The van der Waals surface area contributed by atoms with E-state index in [2.05, 4.69) is 10.2 Å². The van der Waals surface area contributed by atoms with Crippen molar-refractivity contribution >= 4 is 29.0 Å². The summed E-state index contributed by atoms with van der Waals surface area (Å²) in [4.78, 5) is 20.9. The Bertz CT molecular complexity index is 565. The zero-order valence-corrected chi connectivity index (χ0v) is 8.98. The molecule has 0 amide bonds. The highest BCUT2D eigenvalue weighted by molar-refractivity contribution is 5.92. The van der Waals surface area contributed by atoms with Crippen LogP contribution in [0.4, 0.5) is 5.69 Å². The van der Waals surface area contributed by atoms with Crippen LogP contribution in [0, 0.1) is 0 Å². The lowest BCUT2D eigenvalue weighted by atomic mass is 10.1. The molecule has 0 heterocycles. The molecule has 0 aliphatic rings. The fourth-order valence-electron chi connectivity index (χ4n) is 1.51. The van der Waals surface area contributed by atoms with Gasteiger partial charge in [0.1, 0.15) is 0 Å². The highest BCUT2D eigenvalue weighted by Crippen LogP contribution is 2.25. The molecular weight excluding hydrogens is 216 g/mol. The smallest absolute Gasteiger partial charge is 0.181 e. The predicted octanol–water partition coefficient (Wildman–Crippen LogP) is 2.69. The van der Waals surface area contributed by atoms with Gasteiger partial charge in [-0.1, -0.05) is 36.4 Å². The second-order valence-corrected chi connectivity index (χ2v) is 3.48. The number of azo groups is 1. The van der Waals surface area contributed by atoms with Crippen molar-refractivity contribution in [2.45, 2.75) is 6.04 Å². The molecule has 0 atom stereocenters. The normalized spacial score (nSPS) is 11.1. The van der Waals surface area contributed by atoms with Gasteiger partial charge in [0, 0.05) is 5.39 Å². The average molecular weight is 226 g/mol. The molecule has 4 nitrogen and oxygen atoms in total. The van der Waals surface area contributed by atoms with Crippen LogP contribution in [0.2, 0.25) is 0 Å². The van der Waals surface area contributed by atoms with Crippen molar-refractivity contribution in [3.63, 3.8) is 0 Å². The van der Waals surface area contributed by atoms with Crippen molar-refractivity contribution in [1.29, 1.82) is 0 Å². The third-order valence-electron chi connectivity index (χ3n) is 2.34. The standard InChI is InChI=1S/C13H10N2O2/c16-8-11(9-17)14-15-13-7-3-5-10-4-1-2-6-12(10)13/h1-9,11H. The molecule has 0 fully saturated rings. The topological polar surface area (TPSA) is 58.9 Å². The maximum Gasteiger partial charge on any atom is 0.181 e. The van der Waals surface area contributed by atoms with Crippen molar-refractivity contribution in [3.05, 3.63) is 42.5 Å². The molecule has 4 heteroatoms. The van der Waals surface area contributed by atoms with Crippen LogP contribution in [0.1, 0.15) is 0 Å². The second kappa shape index (κ2) is 5.12. The van der Waals surface area contributed by atoms with Crippen LogP contribution in [-0.4, -0.2) is 18.6 Å². The number of hydrogen-bond acceptors (Lipinski definition) is 4. The van der Waals surface area contributed by atoms with Gasteiger partial charge in [-0.2, -0.15) is 10.2 Å². The van der Waals surface area contributed by atoms with E-state index in [1.54, 1.807) is 6.07 Å². The predicted molar refractivity (Wildman–Crippen MR) is 64.4 cm³/mol. The van der Waals surface area contributed by atoms with Crippen LogP contribution in [0.3, 0.4) is 0 Å². The minimum absolute atomic E-state index is 0.460. The van der Waals surface area contributed by atoms with Crippen LogP contribution in [-0.2, 0) is 9.59 Å². The Morgan fingerprint density at radius 2 is 1.65 bits per heavy atom. The van der Waals surface area contributed by atoms with Gasteiger partial charge >= 0.3 is 0 Å². The Hall–Kier alpha value is -2.36. The van der Waals surface area contributed by atoms with E-state index in [1.807, 2.05) is 36.4 Å². The summed E-state index contributed by atoms with van der Waals surface area (Å²) >= 11 is 0. The van der Waals surface area contributed by atoms with Gasteiger partial charge in [0.2, 0.25) is 0 Å². The molecular formula is C13H10N2O2. The summed E-state index contributed by atoms with van der Waals surface area (Å²) in [6, 6.07) is 12.3. The van der Waals surface area contributed by atoms with E-state index in [0.29, 0.717) is 18.3 Å². The SMILES string of the molecule is O=CC(C=O)N=Nc1cccc2ccccc12.